The second-order valence-electron chi connectivity index (χ2n) is 7.23. The van der Waals surface area contributed by atoms with Crippen molar-refractivity contribution in [1.82, 2.24) is 14.5 Å². The van der Waals surface area contributed by atoms with E-state index in [2.05, 4.69) is 10.2 Å². The summed E-state index contributed by atoms with van der Waals surface area (Å²) in [5.41, 5.74) is 0.546. The van der Waals surface area contributed by atoms with E-state index in [9.17, 15) is 8.42 Å². The van der Waals surface area contributed by atoms with E-state index in [0.717, 1.165) is 5.75 Å². The fourth-order valence-corrected chi connectivity index (χ4v) is 5.60. The van der Waals surface area contributed by atoms with Gasteiger partial charge >= 0.3 is 0 Å². The molecule has 3 aromatic rings. The molecule has 0 saturated carbocycles. The summed E-state index contributed by atoms with van der Waals surface area (Å²) < 4.78 is 49.9. The van der Waals surface area contributed by atoms with Crippen molar-refractivity contribution >= 4 is 21.8 Å². The number of rotatable bonds is 6. The Morgan fingerprint density at radius 3 is 2.69 bits per heavy atom. The first-order valence-electron chi connectivity index (χ1n) is 10.1. The molecule has 0 radical (unpaired) electrons. The number of thioether (sulfide) groups is 1. The number of aromatic nitrogens is 2. The highest BCUT2D eigenvalue weighted by Crippen LogP contribution is 2.33. The summed E-state index contributed by atoms with van der Waals surface area (Å²) in [5.74, 6) is 2.29. The summed E-state index contributed by atoms with van der Waals surface area (Å²) in [6, 6.07) is 14.1. The zero-order valence-electron chi connectivity index (χ0n) is 17.0. The smallest absolute Gasteiger partial charge is 0.276 e. The molecule has 9 nitrogen and oxygen atoms in total. The lowest BCUT2D eigenvalue weighted by atomic mass is 10.2. The molecular formula is C21H21N3O6S2. The van der Waals surface area contributed by atoms with Gasteiger partial charge in [-0.15, -0.1) is 10.2 Å². The van der Waals surface area contributed by atoms with Crippen molar-refractivity contribution in [2.75, 3.05) is 38.7 Å². The summed E-state index contributed by atoms with van der Waals surface area (Å²) in [6.45, 7) is 1.90. The van der Waals surface area contributed by atoms with Crippen LogP contribution in [0.3, 0.4) is 0 Å². The van der Waals surface area contributed by atoms with Crippen LogP contribution in [0.2, 0.25) is 0 Å². The second-order valence-corrected chi connectivity index (χ2v) is 10.1. The zero-order valence-corrected chi connectivity index (χ0v) is 18.7. The van der Waals surface area contributed by atoms with Gasteiger partial charge in [-0.1, -0.05) is 30.0 Å². The number of morpholine rings is 1. The van der Waals surface area contributed by atoms with Gasteiger partial charge in [0, 0.05) is 24.4 Å². The van der Waals surface area contributed by atoms with Crippen molar-refractivity contribution in [3.8, 4) is 23.0 Å². The van der Waals surface area contributed by atoms with E-state index < -0.39 is 10.0 Å². The highest BCUT2D eigenvalue weighted by atomic mass is 32.2. The molecule has 1 unspecified atom stereocenters. The van der Waals surface area contributed by atoms with Crippen LogP contribution in [0.1, 0.15) is 0 Å². The predicted octanol–water partition coefficient (Wildman–Crippen LogP) is 2.69. The molecule has 0 N–H and O–H groups in total. The number of hydrogen-bond donors (Lipinski definition) is 0. The van der Waals surface area contributed by atoms with Crippen LogP contribution >= 0.6 is 11.8 Å². The Bertz CT molecular complexity index is 1190. The predicted molar refractivity (Wildman–Crippen MR) is 116 cm³/mol. The quantitative estimate of drug-likeness (QED) is 0.498. The largest absolute Gasteiger partial charge is 0.486 e. The van der Waals surface area contributed by atoms with Crippen molar-refractivity contribution in [3.05, 3.63) is 48.5 Å². The van der Waals surface area contributed by atoms with Gasteiger partial charge in [-0.05, 0) is 30.3 Å². The molecule has 2 aliphatic rings. The Balaban J connectivity index is 1.25. The first kappa shape index (κ1) is 21.3. The molecule has 11 heteroatoms. The number of fused-ring (bicyclic) bond motifs is 1. The molecule has 5 rings (SSSR count). The summed E-state index contributed by atoms with van der Waals surface area (Å²) in [6.07, 6.45) is -0.146. The average molecular weight is 476 g/mol. The van der Waals surface area contributed by atoms with Crippen LogP contribution in [0.15, 0.2) is 63.1 Å². The van der Waals surface area contributed by atoms with Gasteiger partial charge in [0.15, 0.2) is 11.5 Å². The van der Waals surface area contributed by atoms with Crippen LogP contribution < -0.4 is 9.47 Å². The third-order valence-electron chi connectivity index (χ3n) is 5.06. The highest BCUT2D eigenvalue weighted by molar-refractivity contribution is 7.99. The fraction of sp³-hybridized carbons (Fsp3) is 0.333. The lowest BCUT2D eigenvalue weighted by Crippen LogP contribution is -2.40. The zero-order chi connectivity index (χ0) is 22.0. The molecule has 1 saturated heterocycles. The van der Waals surface area contributed by atoms with Gasteiger partial charge in [-0.2, -0.15) is 4.31 Å². The molecule has 2 aliphatic heterocycles. The summed E-state index contributed by atoms with van der Waals surface area (Å²) >= 11 is 1.36. The van der Waals surface area contributed by atoms with Gasteiger partial charge in [0.25, 0.3) is 5.22 Å². The lowest BCUT2D eigenvalue weighted by molar-refractivity contribution is 0.0730. The number of ether oxygens (including phenoxy) is 3. The van der Waals surface area contributed by atoms with Gasteiger partial charge in [-0.25, -0.2) is 8.42 Å². The van der Waals surface area contributed by atoms with E-state index >= 15 is 0 Å². The minimum absolute atomic E-state index is 0.146. The Labute approximate surface area is 189 Å². The number of benzene rings is 2. The lowest BCUT2D eigenvalue weighted by Gasteiger charge is -2.26. The van der Waals surface area contributed by atoms with E-state index in [1.807, 2.05) is 24.3 Å². The second kappa shape index (κ2) is 9.10. The summed E-state index contributed by atoms with van der Waals surface area (Å²) in [4.78, 5) is 0.190. The minimum atomic E-state index is -3.61. The van der Waals surface area contributed by atoms with Crippen LogP contribution in [-0.2, 0) is 14.8 Å². The molecule has 0 aliphatic carbocycles. The van der Waals surface area contributed by atoms with Gasteiger partial charge < -0.3 is 18.6 Å². The van der Waals surface area contributed by atoms with Crippen molar-refractivity contribution in [1.29, 1.82) is 0 Å². The molecular weight excluding hydrogens is 454 g/mol. The van der Waals surface area contributed by atoms with Gasteiger partial charge in [0.1, 0.15) is 12.7 Å². The number of sulfonamides is 1. The van der Waals surface area contributed by atoms with Crippen molar-refractivity contribution in [2.45, 2.75) is 16.2 Å². The SMILES string of the molecule is O=S(=O)(c1cccc(-c2nnc(SCC3COc4ccccc4O3)o2)c1)N1CCOCC1. The highest BCUT2D eigenvalue weighted by Gasteiger charge is 2.27. The van der Waals surface area contributed by atoms with Crippen LogP contribution in [0, 0.1) is 0 Å². The minimum Gasteiger partial charge on any atom is -0.486 e. The first-order valence-corrected chi connectivity index (χ1v) is 12.6. The molecule has 168 valence electrons. The Morgan fingerprint density at radius 2 is 1.84 bits per heavy atom. The third-order valence-corrected chi connectivity index (χ3v) is 7.90. The topological polar surface area (TPSA) is 104 Å². The maximum Gasteiger partial charge on any atom is 0.276 e. The van der Waals surface area contributed by atoms with Crippen molar-refractivity contribution in [2.24, 2.45) is 0 Å². The number of hydrogen-bond acceptors (Lipinski definition) is 9. The van der Waals surface area contributed by atoms with Crippen LogP contribution in [0.25, 0.3) is 11.5 Å². The molecule has 32 heavy (non-hydrogen) atoms. The van der Waals surface area contributed by atoms with Crippen molar-refractivity contribution in [3.63, 3.8) is 0 Å². The van der Waals surface area contributed by atoms with Crippen molar-refractivity contribution < 1.29 is 27.0 Å². The van der Waals surface area contributed by atoms with Crippen LogP contribution in [0.5, 0.6) is 11.5 Å². The molecule has 0 spiro atoms. The fourth-order valence-electron chi connectivity index (χ4n) is 3.42. The maximum atomic E-state index is 12.9. The summed E-state index contributed by atoms with van der Waals surface area (Å²) in [7, 11) is -3.61. The van der Waals surface area contributed by atoms with Gasteiger partial charge in [0.05, 0.1) is 18.1 Å². The molecule has 3 heterocycles. The van der Waals surface area contributed by atoms with Gasteiger partial charge in [-0.3, -0.25) is 0 Å². The Morgan fingerprint density at radius 1 is 1.03 bits per heavy atom. The third kappa shape index (κ3) is 4.46. The number of nitrogens with zero attached hydrogens (tertiary/aromatic N) is 3. The normalized spacial score (nSPS) is 19.1. The maximum absolute atomic E-state index is 12.9. The van der Waals surface area contributed by atoms with E-state index in [-0.39, 0.29) is 16.9 Å². The van der Waals surface area contributed by atoms with Crippen LogP contribution in [-0.4, -0.2) is 67.7 Å². The standard InChI is InChI=1S/C21H21N3O6S2/c25-32(26,24-8-10-27-11-9-24)17-5-3-4-15(12-17)20-22-23-21(30-20)31-14-16-13-28-18-6-1-2-7-19(18)29-16/h1-7,12,16H,8-11,13-14H2. The average Bonchev–Trinajstić information content (AvgIpc) is 3.32. The monoisotopic (exact) mass is 475 g/mol. The molecule has 0 bridgehead atoms. The van der Waals surface area contributed by atoms with E-state index in [1.54, 1.807) is 24.3 Å². The molecule has 1 aromatic heterocycles. The molecule has 2 aromatic carbocycles. The van der Waals surface area contributed by atoms with Gasteiger partial charge in [0.2, 0.25) is 15.9 Å². The summed E-state index contributed by atoms with van der Waals surface area (Å²) in [5, 5.41) is 8.54. The Hall–Kier alpha value is -2.60. The molecule has 1 atom stereocenters. The van der Waals surface area contributed by atoms with E-state index in [1.165, 1.54) is 16.1 Å². The molecule has 0 amide bonds. The molecule has 1 fully saturated rings. The Kier molecular flexibility index (Phi) is 6.05. The first-order chi connectivity index (χ1) is 15.6. The number of para-hydroxylation sites is 2. The van der Waals surface area contributed by atoms with Crippen LogP contribution in [0.4, 0.5) is 0 Å². The van der Waals surface area contributed by atoms with E-state index in [4.69, 9.17) is 18.6 Å². The van der Waals surface area contributed by atoms with E-state index in [0.29, 0.717) is 55.2 Å².